The summed E-state index contributed by atoms with van der Waals surface area (Å²) in [7, 11) is -1.93. The molecule has 2 nitrogen and oxygen atoms in total. The largest absolute Gasteiger partial charge is 0.408 e. The van der Waals surface area contributed by atoms with Crippen LogP contribution in [0.25, 0.3) is 0 Å². The van der Waals surface area contributed by atoms with Crippen LogP contribution < -0.4 is 5.73 Å². The van der Waals surface area contributed by atoms with Crippen molar-refractivity contribution in [3.63, 3.8) is 0 Å². The normalized spacial score (nSPS) is 15.2. The molecule has 0 bridgehead atoms. The molecule has 0 spiro atoms. The summed E-state index contributed by atoms with van der Waals surface area (Å²) < 4.78 is 6.72. The molecule has 3 heteroatoms. The summed E-state index contributed by atoms with van der Waals surface area (Å²) in [5, 5.41) is 0.149. The lowest BCUT2D eigenvalue weighted by atomic mass is 9.97. The topological polar surface area (TPSA) is 35.2 Å². The van der Waals surface area contributed by atoms with Gasteiger partial charge in [0.15, 0.2) is 8.32 Å². The summed E-state index contributed by atoms with van der Waals surface area (Å²) in [5.41, 5.74) is 8.88. The number of benzene rings is 2. The molecule has 2 aromatic carbocycles. The Morgan fingerprint density at radius 1 is 0.826 bits per heavy atom. The van der Waals surface area contributed by atoms with Gasteiger partial charge in [-0.1, -0.05) is 81.4 Å². The lowest BCUT2D eigenvalue weighted by molar-refractivity contribution is 0.154. The van der Waals surface area contributed by atoms with Gasteiger partial charge in [0, 0.05) is 0 Å². The molecule has 2 aromatic rings. The Morgan fingerprint density at radius 3 is 1.70 bits per heavy atom. The molecule has 0 saturated heterocycles. The quantitative estimate of drug-likeness (QED) is 0.741. The lowest BCUT2D eigenvalue weighted by Gasteiger charge is -2.41. The number of hydrogen-bond donors (Lipinski definition) is 1. The van der Waals surface area contributed by atoms with E-state index in [-0.39, 0.29) is 17.2 Å². The summed E-state index contributed by atoms with van der Waals surface area (Å²) >= 11 is 0. The van der Waals surface area contributed by atoms with Crippen molar-refractivity contribution in [1.29, 1.82) is 0 Å². The first kappa shape index (κ1) is 17.9. The van der Waals surface area contributed by atoms with Gasteiger partial charge in [-0.05, 0) is 29.3 Å². The Labute approximate surface area is 141 Å². The van der Waals surface area contributed by atoms with E-state index in [2.05, 4.69) is 70.3 Å². The molecular weight excluding hydrogens is 298 g/mol. The van der Waals surface area contributed by atoms with E-state index < -0.39 is 8.32 Å². The van der Waals surface area contributed by atoms with Gasteiger partial charge >= 0.3 is 0 Å². The van der Waals surface area contributed by atoms with Gasteiger partial charge in [0.25, 0.3) is 0 Å². The maximum Gasteiger partial charge on any atom is 0.193 e. The molecule has 0 saturated carbocycles. The molecule has 0 aliphatic carbocycles. The first-order valence-corrected chi connectivity index (χ1v) is 11.2. The molecule has 0 aliphatic rings. The monoisotopic (exact) mass is 327 g/mol. The second kappa shape index (κ2) is 6.99. The van der Waals surface area contributed by atoms with Crippen LogP contribution in [0.1, 0.15) is 44.0 Å². The third-order valence-corrected chi connectivity index (χ3v) is 9.32. The molecule has 23 heavy (non-hydrogen) atoms. The van der Waals surface area contributed by atoms with Crippen molar-refractivity contribution >= 4 is 8.32 Å². The highest BCUT2D eigenvalue weighted by atomic mass is 28.4. The molecule has 0 heterocycles. The highest BCUT2D eigenvalue weighted by Gasteiger charge is 2.40. The van der Waals surface area contributed by atoms with Gasteiger partial charge in [-0.25, -0.2) is 0 Å². The van der Waals surface area contributed by atoms with Gasteiger partial charge in [-0.2, -0.15) is 0 Å². The molecule has 124 valence electrons. The van der Waals surface area contributed by atoms with Crippen LogP contribution in [-0.4, -0.2) is 8.32 Å². The van der Waals surface area contributed by atoms with Crippen LogP contribution in [-0.2, 0) is 4.43 Å². The van der Waals surface area contributed by atoms with Crippen molar-refractivity contribution < 1.29 is 4.43 Å². The highest BCUT2D eigenvalue weighted by Crippen LogP contribution is 2.42. The van der Waals surface area contributed by atoms with E-state index in [9.17, 15) is 0 Å². The van der Waals surface area contributed by atoms with Crippen LogP contribution in [0.5, 0.6) is 0 Å². The van der Waals surface area contributed by atoms with Gasteiger partial charge in [0.1, 0.15) is 0 Å². The van der Waals surface area contributed by atoms with Crippen LogP contribution in [0.3, 0.4) is 0 Å². The molecule has 0 amide bonds. The maximum atomic E-state index is 6.72. The van der Waals surface area contributed by atoms with Gasteiger partial charge in [-0.3, -0.25) is 0 Å². The summed E-state index contributed by atoms with van der Waals surface area (Å²) in [6, 6.07) is 20.4. The minimum Gasteiger partial charge on any atom is -0.408 e. The molecule has 0 fully saturated rings. The minimum atomic E-state index is -1.93. The van der Waals surface area contributed by atoms with Gasteiger partial charge < -0.3 is 10.2 Å². The standard InChI is InChI=1S/C20H29NOSi/c1-20(2,3)23(4,5)22-19(17-14-10-7-11-15-17)18(21)16-12-8-6-9-13-16/h6-15,18-19H,21H2,1-5H3/t18-,19+/m1/s1. The van der Waals surface area contributed by atoms with Crippen molar-refractivity contribution in [2.45, 2.75) is 51.0 Å². The average molecular weight is 328 g/mol. The molecule has 0 aromatic heterocycles. The fourth-order valence-electron chi connectivity index (χ4n) is 2.34. The van der Waals surface area contributed by atoms with Gasteiger partial charge in [-0.15, -0.1) is 0 Å². The van der Waals surface area contributed by atoms with Crippen LogP contribution in [0.4, 0.5) is 0 Å². The number of nitrogens with two attached hydrogens (primary N) is 1. The van der Waals surface area contributed by atoms with Crippen molar-refractivity contribution in [3.05, 3.63) is 71.8 Å². The Hall–Kier alpha value is -1.42. The fraction of sp³-hybridized carbons (Fsp3) is 0.400. The molecule has 2 rings (SSSR count). The van der Waals surface area contributed by atoms with E-state index in [1.165, 1.54) is 0 Å². The zero-order valence-corrected chi connectivity index (χ0v) is 15.9. The molecule has 0 aliphatic heterocycles. The van der Waals surface area contributed by atoms with E-state index >= 15 is 0 Å². The third-order valence-electron chi connectivity index (χ3n) is 4.87. The van der Waals surface area contributed by atoms with E-state index in [0.29, 0.717) is 0 Å². The summed E-state index contributed by atoms with van der Waals surface area (Å²) in [6.07, 6.45) is -0.125. The van der Waals surface area contributed by atoms with Gasteiger partial charge in [0.05, 0.1) is 12.1 Å². The smallest absolute Gasteiger partial charge is 0.193 e. The highest BCUT2D eigenvalue weighted by molar-refractivity contribution is 6.74. The van der Waals surface area contributed by atoms with E-state index in [4.69, 9.17) is 10.2 Å². The van der Waals surface area contributed by atoms with E-state index in [1.54, 1.807) is 0 Å². The predicted molar refractivity (Wildman–Crippen MR) is 101 cm³/mol. The SMILES string of the molecule is CC(C)(C)[Si](C)(C)O[C@@H](c1ccccc1)[C@H](N)c1ccccc1. The number of rotatable bonds is 5. The molecule has 0 unspecified atom stereocenters. The summed E-state index contributed by atoms with van der Waals surface area (Å²) in [5.74, 6) is 0. The van der Waals surface area contributed by atoms with Crippen molar-refractivity contribution in [1.82, 2.24) is 0 Å². The van der Waals surface area contributed by atoms with Crippen LogP contribution in [0.2, 0.25) is 18.1 Å². The zero-order chi connectivity index (χ0) is 17.1. The lowest BCUT2D eigenvalue weighted by Crippen LogP contribution is -2.43. The predicted octanol–water partition coefficient (Wildman–Crippen LogP) is 5.45. The average Bonchev–Trinajstić information content (AvgIpc) is 2.52. The minimum absolute atomic E-state index is 0.125. The first-order chi connectivity index (χ1) is 10.7. The Balaban J connectivity index is 2.37. The zero-order valence-electron chi connectivity index (χ0n) is 14.9. The number of hydrogen-bond acceptors (Lipinski definition) is 2. The van der Waals surface area contributed by atoms with E-state index in [0.717, 1.165) is 11.1 Å². The third kappa shape index (κ3) is 4.31. The van der Waals surface area contributed by atoms with Crippen LogP contribution >= 0.6 is 0 Å². The summed E-state index contributed by atoms with van der Waals surface area (Å²) in [6.45, 7) is 11.3. The first-order valence-electron chi connectivity index (χ1n) is 8.26. The van der Waals surface area contributed by atoms with Gasteiger partial charge in [0.2, 0.25) is 0 Å². The second-order valence-electron chi connectivity index (χ2n) is 7.65. The Morgan fingerprint density at radius 2 is 1.26 bits per heavy atom. The molecule has 2 N–H and O–H groups in total. The Kier molecular flexibility index (Phi) is 5.45. The fourth-order valence-corrected chi connectivity index (χ4v) is 3.61. The summed E-state index contributed by atoms with van der Waals surface area (Å²) in [4.78, 5) is 0. The van der Waals surface area contributed by atoms with Crippen molar-refractivity contribution in [2.24, 2.45) is 5.73 Å². The van der Waals surface area contributed by atoms with Crippen molar-refractivity contribution in [2.75, 3.05) is 0 Å². The van der Waals surface area contributed by atoms with Crippen molar-refractivity contribution in [3.8, 4) is 0 Å². The van der Waals surface area contributed by atoms with E-state index in [1.807, 2.05) is 24.3 Å². The molecule has 0 radical (unpaired) electrons. The molecule has 2 atom stereocenters. The molecular formula is C20H29NOSi. The van der Waals surface area contributed by atoms with Crippen LogP contribution in [0.15, 0.2) is 60.7 Å². The Bertz CT molecular complexity index is 605. The second-order valence-corrected chi connectivity index (χ2v) is 12.4. The van der Waals surface area contributed by atoms with Crippen LogP contribution in [0, 0.1) is 0 Å². The maximum absolute atomic E-state index is 6.72.